The molecule has 2 fully saturated rings. The summed E-state index contributed by atoms with van der Waals surface area (Å²) in [4.78, 5) is 12.1. The molecular weight excluding hydrogens is 353 g/mol. The number of nitrogens with one attached hydrogen (secondary N) is 2. The van der Waals surface area contributed by atoms with Crippen LogP contribution in [0, 0.1) is 11.7 Å². The third kappa shape index (κ3) is 5.11. The molecule has 1 aromatic rings. The SMILES string of the molecule is O=C(N[C@H]1C[C@H](NCC[C@H]2CCC(F)(F)C2)C1)c1cc(F)cc(Cl)c1. The van der Waals surface area contributed by atoms with Crippen molar-refractivity contribution in [1.29, 1.82) is 0 Å². The molecule has 3 nitrogen and oxygen atoms in total. The largest absolute Gasteiger partial charge is 0.349 e. The number of carbonyl (C=O) groups is 1. The van der Waals surface area contributed by atoms with Gasteiger partial charge in [-0.25, -0.2) is 13.2 Å². The van der Waals surface area contributed by atoms with Crippen molar-refractivity contribution in [2.24, 2.45) is 5.92 Å². The van der Waals surface area contributed by atoms with E-state index in [1.54, 1.807) is 0 Å². The van der Waals surface area contributed by atoms with E-state index in [9.17, 15) is 18.0 Å². The summed E-state index contributed by atoms with van der Waals surface area (Å²) in [5, 5.41) is 6.40. The van der Waals surface area contributed by atoms with Gasteiger partial charge < -0.3 is 10.6 Å². The number of carbonyl (C=O) groups excluding carboxylic acids is 1. The molecule has 0 aromatic heterocycles. The van der Waals surface area contributed by atoms with Gasteiger partial charge in [0.1, 0.15) is 5.82 Å². The lowest BCUT2D eigenvalue weighted by Crippen LogP contribution is -2.52. The van der Waals surface area contributed by atoms with Gasteiger partial charge in [-0.3, -0.25) is 4.79 Å². The average Bonchev–Trinajstić information content (AvgIpc) is 2.82. The van der Waals surface area contributed by atoms with Crippen molar-refractivity contribution in [2.75, 3.05) is 6.54 Å². The summed E-state index contributed by atoms with van der Waals surface area (Å²) in [6, 6.07) is 4.09. The fraction of sp³-hybridized carbons (Fsp3) is 0.611. The molecule has 2 aliphatic rings. The lowest BCUT2D eigenvalue weighted by molar-refractivity contribution is 0.00469. The molecule has 7 heteroatoms. The summed E-state index contributed by atoms with van der Waals surface area (Å²) in [5.74, 6) is -3.24. The van der Waals surface area contributed by atoms with Crippen LogP contribution in [-0.4, -0.2) is 30.5 Å². The Balaban J connectivity index is 1.33. The molecule has 1 amide bonds. The smallest absolute Gasteiger partial charge is 0.251 e. The summed E-state index contributed by atoms with van der Waals surface area (Å²) in [6.07, 6.45) is 2.97. The van der Waals surface area contributed by atoms with Crippen LogP contribution in [0.4, 0.5) is 13.2 Å². The minimum atomic E-state index is -2.48. The highest BCUT2D eigenvalue weighted by molar-refractivity contribution is 6.31. The van der Waals surface area contributed by atoms with Gasteiger partial charge in [0, 0.05) is 35.5 Å². The van der Waals surface area contributed by atoms with Crippen LogP contribution in [0.5, 0.6) is 0 Å². The number of benzene rings is 1. The zero-order valence-corrected chi connectivity index (χ0v) is 14.6. The molecule has 2 aliphatic carbocycles. The number of rotatable bonds is 6. The van der Waals surface area contributed by atoms with Crippen LogP contribution in [-0.2, 0) is 0 Å². The van der Waals surface area contributed by atoms with Crippen LogP contribution in [0.3, 0.4) is 0 Å². The Labute approximate surface area is 150 Å². The Morgan fingerprint density at radius 1 is 1.24 bits per heavy atom. The topological polar surface area (TPSA) is 41.1 Å². The Bertz CT molecular complexity index is 614. The Kier molecular flexibility index (Phi) is 5.58. The standard InChI is InChI=1S/C18H22ClF3N2O/c19-13-5-12(6-14(20)7-13)17(25)24-16-8-15(9-16)23-4-2-11-1-3-18(21,22)10-11/h5-7,11,15-16,23H,1-4,8-10H2,(H,24,25)/t11-,15-,16-/m1/s1. The normalized spacial score (nSPS) is 27.8. The quantitative estimate of drug-likeness (QED) is 0.785. The monoisotopic (exact) mass is 374 g/mol. The molecule has 0 bridgehead atoms. The van der Waals surface area contributed by atoms with Crippen LogP contribution in [0.25, 0.3) is 0 Å². The molecule has 0 heterocycles. The molecule has 2 saturated carbocycles. The second-order valence-corrected chi connectivity index (χ2v) is 7.64. The molecule has 3 rings (SSSR count). The van der Waals surface area contributed by atoms with Gasteiger partial charge in [-0.05, 0) is 56.3 Å². The molecule has 1 aromatic carbocycles. The fourth-order valence-corrected chi connectivity index (χ4v) is 3.86. The van der Waals surface area contributed by atoms with E-state index in [0.717, 1.165) is 37.9 Å². The highest BCUT2D eigenvalue weighted by atomic mass is 35.5. The highest BCUT2D eigenvalue weighted by Gasteiger charge is 2.39. The molecule has 0 spiro atoms. The maximum Gasteiger partial charge on any atom is 0.251 e. The van der Waals surface area contributed by atoms with Gasteiger partial charge in [0.15, 0.2) is 0 Å². The predicted molar refractivity (Wildman–Crippen MR) is 90.6 cm³/mol. The van der Waals surface area contributed by atoms with Crippen LogP contribution < -0.4 is 10.6 Å². The molecule has 25 heavy (non-hydrogen) atoms. The minimum absolute atomic E-state index is 0.00816. The molecule has 0 aliphatic heterocycles. The maximum atomic E-state index is 13.3. The highest BCUT2D eigenvalue weighted by Crippen LogP contribution is 2.40. The first-order valence-electron chi connectivity index (χ1n) is 8.69. The van der Waals surface area contributed by atoms with Gasteiger partial charge >= 0.3 is 0 Å². The van der Waals surface area contributed by atoms with Crippen molar-refractivity contribution in [1.82, 2.24) is 10.6 Å². The predicted octanol–water partition coefficient (Wildman–Crippen LogP) is 4.16. The number of hydrogen-bond acceptors (Lipinski definition) is 2. The number of halogens is 4. The van der Waals surface area contributed by atoms with Crippen LogP contribution in [0.15, 0.2) is 18.2 Å². The first kappa shape index (κ1) is 18.5. The molecule has 138 valence electrons. The summed E-state index contributed by atoms with van der Waals surface area (Å²) in [6.45, 7) is 0.728. The zero-order chi connectivity index (χ0) is 18.0. The van der Waals surface area contributed by atoms with Gasteiger partial charge in [0.25, 0.3) is 5.91 Å². The molecule has 0 radical (unpaired) electrons. The van der Waals surface area contributed by atoms with Crippen molar-refractivity contribution in [3.63, 3.8) is 0 Å². The average molecular weight is 375 g/mol. The number of alkyl halides is 2. The Morgan fingerprint density at radius 2 is 2.00 bits per heavy atom. The first-order valence-corrected chi connectivity index (χ1v) is 9.07. The van der Waals surface area contributed by atoms with Crippen LogP contribution in [0.1, 0.15) is 48.9 Å². The summed E-state index contributed by atoms with van der Waals surface area (Å²) >= 11 is 5.75. The minimum Gasteiger partial charge on any atom is -0.349 e. The van der Waals surface area contributed by atoms with E-state index in [1.807, 2.05) is 0 Å². The van der Waals surface area contributed by atoms with Gasteiger partial charge in [-0.2, -0.15) is 0 Å². The molecule has 0 unspecified atom stereocenters. The van der Waals surface area contributed by atoms with E-state index in [1.165, 1.54) is 6.07 Å². The van der Waals surface area contributed by atoms with Gasteiger partial charge in [0.2, 0.25) is 5.92 Å². The van der Waals surface area contributed by atoms with E-state index >= 15 is 0 Å². The van der Waals surface area contributed by atoms with Crippen molar-refractivity contribution in [3.8, 4) is 0 Å². The van der Waals surface area contributed by atoms with E-state index in [4.69, 9.17) is 11.6 Å². The number of amides is 1. The third-order valence-corrected chi connectivity index (χ3v) is 5.31. The Morgan fingerprint density at radius 3 is 2.64 bits per heavy atom. The van der Waals surface area contributed by atoms with E-state index in [0.29, 0.717) is 12.5 Å². The lowest BCUT2D eigenvalue weighted by atomic mass is 9.86. The fourth-order valence-electron chi connectivity index (χ4n) is 3.64. The van der Waals surface area contributed by atoms with Gasteiger partial charge in [-0.1, -0.05) is 11.6 Å². The van der Waals surface area contributed by atoms with E-state index in [-0.39, 0.29) is 41.3 Å². The maximum absolute atomic E-state index is 13.3. The number of hydrogen-bond donors (Lipinski definition) is 2. The molecule has 0 saturated heterocycles. The summed E-state index contributed by atoms with van der Waals surface area (Å²) in [5.41, 5.74) is 0.212. The van der Waals surface area contributed by atoms with Crippen LogP contribution in [0.2, 0.25) is 5.02 Å². The first-order chi connectivity index (χ1) is 11.8. The van der Waals surface area contributed by atoms with Crippen molar-refractivity contribution >= 4 is 17.5 Å². The zero-order valence-electron chi connectivity index (χ0n) is 13.8. The van der Waals surface area contributed by atoms with Crippen molar-refractivity contribution in [3.05, 3.63) is 34.6 Å². The summed E-state index contributed by atoms with van der Waals surface area (Å²) in [7, 11) is 0. The van der Waals surface area contributed by atoms with E-state index < -0.39 is 11.7 Å². The molecular formula is C18H22ClF3N2O. The van der Waals surface area contributed by atoms with Gasteiger partial charge in [0.05, 0.1) is 0 Å². The van der Waals surface area contributed by atoms with Crippen LogP contribution >= 0.6 is 11.6 Å². The molecule has 2 N–H and O–H groups in total. The van der Waals surface area contributed by atoms with Crippen molar-refractivity contribution < 1.29 is 18.0 Å². The summed E-state index contributed by atoms with van der Waals surface area (Å²) < 4.78 is 39.5. The van der Waals surface area contributed by atoms with Gasteiger partial charge in [-0.15, -0.1) is 0 Å². The second kappa shape index (κ2) is 7.54. The third-order valence-electron chi connectivity index (χ3n) is 5.09. The van der Waals surface area contributed by atoms with E-state index in [2.05, 4.69) is 10.6 Å². The lowest BCUT2D eigenvalue weighted by Gasteiger charge is -2.36. The van der Waals surface area contributed by atoms with Crippen molar-refractivity contribution in [2.45, 2.75) is 56.5 Å². The molecule has 1 atom stereocenters. The second-order valence-electron chi connectivity index (χ2n) is 7.20. The Hall–Kier alpha value is -1.27.